The molecule has 1 heterocycles. The van der Waals surface area contributed by atoms with Crippen LogP contribution in [0, 0.1) is 12.7 Å². The molecule has 1 aliphatic rings. The topological polar surface area (TPSA) is 74.8 Å². The molecule has 1 aromatic heterocycles. The molecule has 0 spiro atoms. The van der Waals surface area contributed by atoms with Gasteiger partial charge in [0.25, 0.3) is 5.56 Å². The Morgan fingerprint density at radius 1 is 1.38 bits per heavy atom. The lowest BCUT2D eigenvalue weighted by Gasteiger charge is -2.31. The number of nitrogens with zero attached hydrogens (tertiary/aromatic N) is 1. The van der Waals surface area contributed by atoms with Crippen LogP contribution in [0.3, 0.4) is 0 Å². The van der Waals surface area contributed by atoms with Crippen molar-refractivity contribution in [1.29, 1.82) is 0 Å². The van der Waals surface area contributed by atoms with Gasteiger partial charge in [0, 0.05) is 11.3 Å². The monoisotopic (exact) mass is 375 g/mol. The Bertz CT molecular complexity index is 875. The second-order valence-corrected chi connectivity index (χ2v) is 7.46. The number of halogens is 1. The molecule has 26 heavy (non-hydrogen) atoms. The fourth-order valence-electron chi connectivity index (χ4n) is 3.61. The van der Waals surface area contributed by atoms with Crippen LogP contribution in [0.15, 0.2) is 34.2 Å². The van der Waals surface area contributed by atoms with E-state index in [-0.39, 0.29) is 23.7 Å². The van der Waals surface area contributed by atoms with Crippen molar-refractivity contribution in [3.05, 3.63) is 57.3 Å². The van der Waals surface area contributed by atoms with Gasteiger partial charge in [-0.05, 0) is 43.7 Å². The number of carbonyl (C=O) groups is 1. The molecule has 1 amide bonds. The minimum atomic E-state index is -0.563. The molecule has 0 saturated heterocycles. The molecule has 1 fully saturated rings. The quantitative estimate of drug-likeness (QED) is 0.622. The van der Waals surface area contributed by atoms with Gasteiger partial charge in [-0.1, -0.05) is 36.7 Å². The molecule has 0 aliphatic heterocycles. The Labute approximate surface area is 155 Å². The summed E-state index contributed by atoms with van der Waals surface area (Å²) in [6.45, 7) is 1.73. The van der Waals surface area contributed by atoms with Gasteiger partial charge < -0.3 is 10.3 Å². The van der Waals surface area contributed by atoms with Crippen LogP contribution in [-0.2, 0) is 16.8 Å². The highest BCUT2D eigenvalue weighted by molar-refractivity contribution is 7.98. The summed E-state index contributed by atoms with van der Waals surface area (Å²) in [6.07, 6.45) is 5.26. The Balaban J connectivity index is 1.83. The van der Waals surface area contributed by atoms with E-state index in [0.29, 0.717) is 16.4 Å². The van der Waals surface area contributed by atoms with Crippen molar-refractivity contribution < 1.29 is 9.18 Å². The molecule has 0 unspecified atom stereocenters. The SMILES string of the molecule is CSc1nc(C)c(CC(=O)NC2(c3cccc(F)c3)CCCC2)c(=O)[nH]1. The summed E-state index contributed by atoms with van der Waals surface area (Å²) in [4.78, 5) is 31.9. The number of thioether (sulfide) groups is 1. The minimum Gasteiger partial charge on any atom is -0.346 e. The van der Waals surface area contributed by atoms with E-state index < -0.39 is 5.54 Å². The first-order valence-corrected chi connectivity index (χ1v) is 9.87. The molecule has 0 bridgehead atoms. The van der Waals surface area contributed by atoms with E-state index in [1.54, 1.807) is 13.0 Å². The lowest BCUT2D eigenvalue weighted by Crippen LogP contribution is -2.45. The molecule has 7 heteroatoms. The van der Waals surface area contributed by atoms with Gasteiger partial charge in [-0.2, -0.15) is 0 Å². The number of carbonyl (C=O) groups excluding carboxylic acids is 1. The van der Waals surface area contributed by atoms with E-state index in [1.165, 1.54) is 23.9 Å². The zero-order chi connectivity index (χ0) is 18.7. The number of rotatable bonds is 5. The second-order valence-electron chi connectivity index (χ2n) is 6.66. The molecule has 0 radical (unpaired) electrons. The van der Waals surface area contributed by atoms with Crippen LogP contribution in [0.4, 0.5) is 4.39 Å². The normalized spacial score (nSPS) is 15.8. The fourth-order valence-corrected chi connectivity index (χ4v) is 4.03. The third-order valence-corrected chi connectivity index (χ3v) is 5.52. The van der Waals surface area contributed by atoms with Crippen molar-refractivity contribution in [2.45, 2.75) is 49.7 Å². The van der Waals surface area contributed by atoms with Crippen molar-refractivity contribution in [2.24, 2.45) is 0 Å². The van der Waals surface area contributed by atoms with Crippen LogP contribution in [-0.4, -0.2) is 22.1 Å². The Kier molecular flexibility index (Phi) is 5.46. The number of aromatic nitrogens is 2. The third-order valence-electron chi connectivity index (χ3n) is 4.94. The molecule has 2 N–H and O–H groups in total. The van der Waals surface area contributed by atoms with E-state index in [1.807, 2.05) is 12.3 Å². The summed E-state index contributed by atoms with van der Waals surface area (Å²) in [5.74, 6) is -0.560. The maximum absolute atomic E-state index is 13.7. The van der Waals surface area contributed by atoms with Crippen LogP contribution in [0.5, 0.6) is 0 Å². The van der Waals surface area contributed by atoms with Crippen molar-refractivity contribution in [3.63, 3.8) is 0 Å². The van der Waals surface area contributed by atoms with Gasteiger partial charge in [0.1, 0.15) is 5.82 Å². The summed E-state index contributed by atoms with van der Waals surface area (Å²) in [5.41, 5.74) is 0.854. The van der Waals surface area contributed by atoms with Crippen molar-refractivity contribution in [3.8, 4) is 0 Å². The number of benzene rings is 1. The van der Waals surface area contributed by atoms with Gasteiger partial charge in [0.15, 0.2) is 5.16 Å². The van der Waals surface area contributed by atoms with Crippen LogP contribution in [0.2, 0.25) is 0 Å². The molecule has 3 rings (SSSR count). The number of hydrogen-bond acceptors (Lipinski definition) is 4. The third kappa shape index (κ3) is 3.82. The maximum Gasteiger partial charge on any atom is 0.255 e. The first-order valence-electron chi connectivity index (χ1n) is 8.64. The van der Waals surface area contributed by atoms with Gasteiger partial charge in [0.05, 0.1) is 12.0 Å². The Morgan fingerprint density at radius 2 is 2.12 bits per heavy atom. The zero-order valence-corrected chi connectivity index (χ0v) is 15.7. The summed E-state index contributed by atoms with van der Waals surface area (Å²) in [5, 5.41) is 3.61. The van der Waals surface area contributed by atoms with E-state index >= 15 is 0 Å². The second kappa shape index (κ2) is 7.61. The molecule has 2 aromatic rings. The van der Waals surface area contributed by atoms with Gasteiger partial charge in [-0.3, -0.25) is 9.59 Å². The maximum atomic E-state index is 13.7. The van der Waals surface area contributed by atoms with Gasteiger partial charge >= 0.3 is 0 Å². The first kappa shape index (κ1) is 18.6. The molecule has 0 atom stereocenters. The Hall–Kier alpha value is -2.15. The van der Waals surface area contributed by atoms with E-state index in [9.17, 15) is 14.0 Å². The number of amides is 1. The smallest absolute Gasteiger partial charge is 0.255 e. The summed E-state index contributed by atoms with van der Waals surface area (Å²) >= 11 is 1.35. The summed E-state index contributed by atoms with van der Waals surface area (Å²) < 4.78 is 13.7. The lowest BCUT2D eigenvalue weighted by molar-refractivity contribution is -0.122. The Morgan fingerprint density at radius 3 is 2.73 bits per heavy atom. The summed E-state index contributed by atoms with van der Waals surface area (Å²) in [7, 11) is 0. The average Bonchev–Trinajstić information content (AvgIpc) is 3.07. The minimum absolute atomic E-state index is 0.0418. The van der Waals surface area contributed by atoms with Crippen molar-refractivity contribution >= 4 is 17.7 Å². The van der Waals surface area contributed by atoms with Crippen molar-refractivity contribution in [1.82, 2.24) is 15.3 Å². The van der Waals surface area contributed by atoms with Crippen molar-refractivity contribution in [2.75, 3.05) is 6.26 Å². The largest absolute Gasteiger partial charge is 0.346 e. The zero-order valence-electron chi connectivity index (χ0n) is 14.9. The average molecular weight is 375 g/mol. The van der Waals surface area contributed by atoms with Crippen LogP contribution in [0.25, 0.3) is 0 Å². The number of nitrogens with one attached hydrogen (secondary N) is 2. The van der Waals surface area contributed by atoms with Gasteiger partial charge in [0.2, 0.25) is 5.91 Å². The molecule has 1 aromatic carbocycles. The number of aryl methyl sites for hydroxylation is 1. The predicted octanol–water partition coefficient (Wildman–Crippen LogP) is 3.07. The van der Waals surface area contributed by atoms with Crippen LogP contribution >= 0.6 is 11.8 Å². The molecule has 5 nitrogen and oxygen atoms in total. The molecular weight excluding hydrogens is 353 g/mol. The molecular formula is C19H22FN3O2S. The van der Waals surface area contributed by atoms with E-state index in [4.69, 9.17) is 0 Å². The van der Waals surface area contributed by atoms with Crippen LogP contribution < -0.4 is 10.9 Å². The highest BCUT2D eigenvalue weighted by Gasteiger charge is 2.37. The lowest BCUT2D eigenvalue weighted by atomic mass is 9.87. The molecule has 138 valence electrons. The fraction of sp³-hybridized carbons (Fsp3) is 0.421. The van der Waals surface area contributed by atoms with Gasteiger partial charge in [-0.15, -0.1) is 0 Å². The number of H-pyrrole nitrogens is 1. The van der Waals surface area contributed by atoms with Gasteiger partial charge in [-0.25, -0.2) is 9.37 Å². The standard InChI is InChI=1S/C19H22FN3O2S/c1-12-15(17(25)22-18(21-12)26-2)11-16(24)23-19(8-3-4-9-19)13-6-5-7-14(20)10-13/h5-7,10H,3-4,8-9,11H2,1-2H3,(H,23,24)(H,21,22,25). The highest BCUT2D eigenvalue weighted by Crippen LogP contribution is 2.39. The van der Waals surface area contributed by atoms with Crippen LogP contribution in [0.1, 0.15) is 42.5 Å². The first-order chi connectivity index (χ1) is 12.4. The number of aromatic amines is 1. The van der Waals surface area contributed by atoms with E-state index in [2.05, 4.69) is 15.3 Å². The highest BCUT2D eigenvalue weighted by atomic mass is 32.2. The number of hydrogen-bond donors (Lipinski definition) is 2. The predicted molar refractivity (Wildman–Crippen MR) is 99.8 cm³/mol. The van der Waals surface area contributed by atoms with E-state index in [0.717, 1.165) is 31.2 Å². The molecule has 1 saturated carbocycles. The summed E-state index contributed by atoms with van der Waals surface area (Å²) in [6, 6.07) is 6.40. The molecule has 1 aliphatic carbocycles.